The molecule has 2 nitrogen and oxygen atoms in total. The second-order valence-corrected chi connectivity index (χ2v) is 3.34. The molecule has 0 aliphatic rings. The number of aromatic nitrogens is 1. The van der Waals surface area contributed by atoms with E-state index in [2.05, 4.69) is 20.9 Å². The molecule has 0 bridgehead atoms. The topological polar surface area (TPSA) is 26.0 Å². The number of benzene rings is 1. The number of hydrogen-bond donors (Lipinski definition) is 0. The highest BCUT2D eigenvalue weighted by molar-refractivity contribution is 9.10. The van der Waals surface area contributed by atoms with Gasteiger partial charge >= 0.3 is 0 Å². The Kier molecular flexibility index (Phi) is 1.46. The zero-order valence-electron chi connectivity index (χ0n) is 5.97. The van der Waals surface area contributed by atoms with Crippen molar-refractivity contribution in [3.63, 3.8) is 0 Å². The molecule has 0 fully saturated rings. The van der Waals surface area contributed by atoms with Crippen LogP contribution < -0.4 is 0 Å². The van der Waals surface area contributed by atoms with Crippen molar-refractivity contribution in [2.24, 2.45) is 0 Å². The summed E-state index contributed by atoms with van der Waals surface area (Å²) in [6.45, 7) is 2.01. The van der Waals surface area contributed by atoms with Crippen LogP contribution in [-0.4, -0.2) is 4.98 Å². The molecule has 1 heterocycles. The highest BCUT2D eigenvalue weighted by atomic mass is 79.9. The molecule has 0 aliphatic heterocycles. The van der Waals surface area contributed by atoms with Crippen LogP contribution in [0.25, 0.3) is 11.1 Å². The van der Waals surface area contributed by atoms with Gasteiger partial charge in [-0.2, -0.15) is 0 Å². The first-order valence-corrected chi connectivity index (χ1v) is 4.06. The van der Waals surface area contributed by atoms with Gasteiger partial charge in [-0.3, -0.25) is 0 Å². The fraction of sp³-hybridized carbons (Fsp3) is 0.125. The molecule has 11 heavy (non-hydrogen) atoms. The number of halogens is 1. The zero-order chi connectivity index (χ0) is 7.84. The van der Waals surface area contributed by atoms with E-state index in [0.29, 0.717) is 0 Å². The first kappa shape index (κ1) is 6.85. The summed E-state index contributed by atoms with van der Waals surface area (Å²) < 4.78 is 6.17. The number of nitrogens with zero attached hydrogens (tertiary/aromatic N) is 1. The maximum absolute atomic E-state index is 5.14. The van der Waals surface area contributed by atoms with Gasteiger partial charge in [0.1, 0.15) is 5.52 Å². The van der Waals surface area contributed by atoms with Crippen molar-refractivity contribution in [2.45, 2.75) is 6.92 Å². The SMILES string of the molecule is Cc1cc(Br)cc2ocnc12. The van der Waals surface area contributed by atoms with E-state index in [1.54, 1.807) is 0 Å². The predicted molar refractivity (Wildman–Crippen MR) is 46.4 cm³/mol. The van der Waals surface area contributed by atoms with E-state index in [-0.39, 0.29) is 0 Å². The molecule has 0 unspecified atom stereocenters. The van der Waals surface area contributed by atoms with Gasteiger partial charge in [0.15, 0.2) is 12.0 Å². The van der Waals surface area contributed by atoms with Crippen LogP contribution in [-0.2, 0) is 0 Å². The van der Waals surface area contributed by atoms with Gasteiger partial charge in [0.2, 0.25) is 0 Å². The lowest BCUT2D eigenvalue weighted by molar-refractivity contribution is 0.602. The van der Waals surface area contributed by atoms with Gasteiger partial charge in [0.25, 0.3) is 0 Å². The molecule has 0 saturated carbocycles. The van der Waals surface area contributed by atoms with Crippen LogP contribution in [0.1, 0.15) is 5.56 Å². The molecule has 0 atom stereocenters. The average Bonchev–Trinajstić information content (AvgIpc) is 2.34. The van der Waals surface area contributed by atoms with Gasteiger partial charge < -0.3 is 4.42 Å². The summed E-state index contributed by atoms with van der Waals surface area (Å²) in [6, 6.07) is 3.93. The highest BCUT2D eigenvalue weighted by Gasteiger charge is 2.01. The molecule has 2 aromatic rings. The molecular formula is C8H6BrNO. The lowest BCUT2D eigenvalue weighted by Gasteiger charge is -1.93. The molecule has 3 heteroatoms. The van der Waals surface area contributed by atoms with Crippen LogP contribution in [0, 0.1) is 6.92 Å². The monoisotopic (exact) mass is 211 g/mol. The molecule has 2 rings (SSSR count). The molecule has 0 spiro atoms. The lowest BCUT2D eigenvalue weighted by Crippen LogP contribution is -1.75. The maximum atomic E-state index is 5.14. The molecule has 56 valence electrons. The summed E-state index contributed by atoms with van der Waals surface area (Å²) in [5.41, 5.74) is 2.90. The first-order chi connectivity index (χ1) is 5.27. The third kappa shape index (κ3) is 1.05. The number of rotatable bonds is 0. The molecule has 1 aromatic heterocycles. The van der Waals surface area contributed by atoms with E-state index < -0.39 is 0 Å². The molecule has 0 saturated heterocycles. The number of fused-ring (bicyclic) bond motifs is 1. The van der Waals surface area contributed by atoms with E-state index in [1.165, 1.54) is 6.39 Å². The van der Waals surface area contributed by atoms with Crippen molar-refractivity contribution in [2.75, 3.05) is 0 Å². The summed E-state index contributed by atoms with van der Waals surface area (Å²) in [7, 11) is 0. The largest absolute Gasteiger partial charge is 0.443 e. The van der Waals surface area contributed by atoms with Gasteiger partial charge in [-0.1, -0.05) is 15.9 Å². The van der Waals surface area contributed by atoms with Crippen molar-refractivity contribution >= 4 is 27.0 Å². The molecule has 0 amide bonds. The van der Waals surface area contributed by atoms with Crippen LogP contribution in [0.15, 0.2) is 27.4 Å². The van der Waals surface area contributed by atoms with Crippen molar-refractivity contribution < 1.29 is 4.42 Å². The predicted octanol–water partition coefficient (Wildman–Crippen LogP) is 2.90. The standard InChI is InChI=1S/C8H6BrNO/c1-5-2-6(9)3-7-8(5)10-4-11-7/h2-4H,1H3. The Morgan fingerprint density at radius 2 is 2.27 bits per heavy atom. The molecule has 0 aliphatic carbocycles. The minimum atomic E-state index is 0.830. The Morgan fingerprint density at radius 3 is 3.09 bits per heavy atom. The maximum Gasteiger partial charge on any atom is 0.181 e. The van der Waals surface area contributed by atoms with Gasteiger partial charge in [0.05, 0.1) is 0 Å². The number of hydrogen-bond acceptors (Lipinski definition) is 2. The van der Waals surface area contributed by atoms with Crippen molar-refractivity contribution in [1.29, 1.82) is 0 Å². The van der Waals surface area contributed by atoms with Crippen LogP contribution in [0.2, 0.25) is 0 Å². The lowest BCUT2D eigenvalue weighted by atomic mass is 10.2. The molecule has 1 aromatic carbocycles. The Labute approximate surface area is 72.4 Å². The highest BCUT2D eigenvalue weighted by Crippen LogP contribution is 2.22. The number of aryl methyl sites for hydroxylation is 1. The smallest absolute Gasteiger partial charge is 0.181 e. The third-order valence-electron chi connectivity index (χ3n) is 1.59. The van der Waals surface area contributed by atoms with Crippen LogP contribution >= 0.6 is 15.9 Å². The van der Waals surface area contributed by atoms with Crippen molar-refractivity contribution in [3.05, 3.63) is 28.6 Å². The first-order valence-electron chi connectivity index (χ1n) is 3.27. The Bertz CT molecular complexity index is 394. The van der Waals surface area contributed by atoms with E-state index in [9.17, 15) is 0 Å². The Morgan fingerprint density at radius 1 is 1.45 bits per heavy atom. The fourth-order valence-electron chi connectivity index (χ4n) is 1.10. The Balaban J connectivity index is 2.91. The quantitative estimate of drug-likeness (QED) is 0.670. The van der Waals surface area contributed by atoms with Gasteiger partial charge in [0, 0.05) is 4.47 Å². The summed E-state index contributed by atoms with van der Waals surface area (Å²) in [5.74, 6) is 0. The van der Waals surface area contributed by atoms with Gasteiger partial charge in [-0.15, -0.1) is 0 Å². The van der Waals surface area contributed by atoms with E-state index >= 15 is 0 Å². The summed E-state index contributed by atoms with van der Waals surface area (Å²) in [4.78, 5) is 4.07. The Hall–Kier alpha value is -0.830. The minimum absolute atomic E-state index is 0.830. The molecule has 0 N–H and O–H groups in total. The van der Waals surface area contributed by atoms with Crippen LogP contribution in [0.4, 0.5) is 0 Å². The van der Waals surface area contributed by atoms with Crippen molar-refractivity contribution in [3.8, 4) is 0 Å². The average molecular weight is 212 g/mol. The fourth-order valence-corrected chi connectivity index (χ4v) is 1.65. The van der Waals surface area contributed by atoms with E-state index in [0.717, 1.165) is 21.1 Å². The zero-order valence-corrected chi connectivity index (χ0v) is 7.55. The van der Waals surface area contributed by atoms with Gasteiger partial charge in [-0.25, -0.2) is 4.98 Å². The van der Waals surface area contributed by atoms with E-state index in [4.69, 9.17) is 4.42 Å². The van der Waals surface area contributed by atoms with Crippen molar-refractivity contribution in [1.82, 2.24) is 4.98 Å². The third-order valence-corrected chi connectivity index (χ3v) is 2.05. The second-order valence-electron chi connectivity index (χ2n) is 2.42. The van der Waals surface area contributed by atoms with Crippen LogP contribution in [0.5, 0.6) is 0 Å². The molecule has 0 radical (unpaired) electrons. The second kappa shape index (κ2) is 2.34. The normalized spacial score (nSPS) is 10.7. The molecular weight excluding hydrogens is 206 g/mol. The number of oxazole rings is 1. The summed E-state index contributed by atoms with van der Waals surface area (Å²) >= 11 is 3.38. The van der Waals surface area contributed by atoms with Gasteiger partial charge in [-0.05, 0) is 24.6 Å². The summed E-state index contributed by atoms with van der Waals surface area (Å²) in [5, 5.41) is 0. The summed E-state index contributed by atoms with van der Waals surface area (Å²) in [6.07, 6.45) is 1.46. The van der Waals surface area contributed by atoms with Crippen LogP contribution in [0.3, 0.4) is 0 Å². The van der Waals surface area contributed by atoms with E-state index in [1.807, 2.05) is 19.1 Å². The minimum Gasteiger partial charge on any atom is -0.443 e.